The van der Waals surface area contributed by atoms with Gasteiger partial charge in [0.2, 0.25) is 0 Å². The number of carbonyl (C=O) groups is 2. The largest absolute Gasteiger partial charge is 0.511 e. The predicted molar refractivity (Wildman–Crippen MR) is 106 cm³/mol. The van der Waals surface area contributed by atoms with Crippen LogP contribution in [0.3, 0.4) is 0 Å². The molecule has 0 amide bonds. The number of ether oxygens (including phenoxy) is 1. The monoisotopic (exact) mass is 399 g/mol. The number of aliphatic hydroxyl groups excluding tert-OH is 2. The van der Waals surface area contributed by atoms with Gasteiger partial charge in [-0.2, -0.15) is 0 Å². The van der Waals surface area contributed by atoms with Crippen molar-refractivity contribution in [2.24, 2.45) is 23.2 Å². The SMILES string of the molecule is COC(=O)C1=C(CCO)C2=C3C1=C(O)[C@@H]1C[C@H]4N(C[C@@H](CCC2=O)[C@@]34C)C[C@H]1C. The second kappa shape index (κ2) is 6.29. The van der Waals surface area contributed by atoms with Crippen LogP contribution in [0.5, 0.6) is 0 Å². The van der Waals surface area contributed by atoms with E-state index in [1.807, 2.05) is 0 Å². The Morgan fingerprint density at radius 3 is 2.76 bits per heavy atom. The quantitative estimate of drug-likeness (QED) is 0.708. The van der Waals surface area contributed by atoms with Crippen LogP contribution in [0, 0.1) is 23.2 Å². The third kappa shape index (κ3) is 2.24. The van der Waals surface area contributed by atoms with Crippen LogP contribution < -0.4 is 0 Å². The van der Waals surface area contributed by atoms with E-state index in [0.29, 0.717) is 34.6 Å². The molecule has 5 rings (SSSR count). The van der Waals surface area contributed by atoms with Gasteiger partial charge < -0.3 is 14.9 Å². The van der Waals surface area contributed by atoms with Crippen molar-refractivity contribution in [2.75, 3.05) is 26.8 Å². The van der Waals surface area contributed by atoms with E-state index in [1.165, 1.54) is 7.11 Å². The fraction of sp³-hybridized carbons (Fsp3) is 0.652. The predicted octanol–water partition coefficient (Wildman–Crippen LogP) is 2.30. The number of allylic oxidation sites excluding steroid dienone is 2. The van der Waals surface area contributed by atoms with Gasteiger partial charge in [-0.25, -0.2) is 4.79 Å². The van der Waals surface area contributed by atoms with Crippen LogP contribution in [0.1, 0.15) is 39.5 Å². The molecule has 2 bridgehead atoms. The Labute approximate surface area is 170 Å². The molecule has 0 spiro atoms. The highest BCUT2D eigenvalue weighted by Crippen LogP contribution is 2.64. The standard InChI is InChI=1S/C23H29NO5/c1-11-9-24-10-12-4-5-15(26)17-13(6-7-25)18(22(28)29-3)19-20(17)23(12,2)16(24)8-14(11)21(19)27/h11-12,14,16,25,27H,4-10H2,1-3H3/t11-,12-,14-,16-,23-/m1/s1. The zero-order valence-corrected chi connectivity index (χ0v) is 17.3. The number of rotatable bonds is 3. The highest BCUT2D eigenvalue weighted by molar-refractivity contribution is 6.10. The summed E-state index contributed by atoms with van der Waals surface area (Å²) in [6.07, 6.45) is 2.32. The van der Waals surface area contributed by atoms with E-state index in [4.69, 9.17) is 4.74 Å². The van der Waals surface area contributed by atoms with E-state index in [1.54, 1.807) is 0 Å². The molecule has 0 radical (unpaired) electrons. The summed E-state index contributed by atoms with van der Waals surface area (Å²) in [5, 5.41) is 21.2. The van der Waals surface area contributed by atoms with E-state index in [-0.39, 0.29) is 47.9 Å². The Kier molecular flexibility index (Phi) is 4.13. The minimum absolute atomic E-state index is 0.0272. The van der Waals surface area contributed by atoms with E-state index in [0.717, 1.165) is 31.5 Å². The first-order chi connectivity index (χ1) is 13.8. The number of nitrogens with zero attached hydrogens (tertiary/aromatic N) is 1. The number of piperidine rings is 1. The molecular formula is C23H29NO5. The lowest BCUT2D eigenvalue weighted by Gasteiger charge is -2.43. The van der Waals surface area contributed by atoms with Gasteiger partial charge in [0.15, 0.2) is 5.78 Å². The molecule has 0 aromatic rings. The fourth-order valence-electron chi connectivity index (χ4n) is 7.04. The molecule has 2 heterocycles. The summed E-state index contributed by atoms with van der Waals surface area (Å²) in [6, 6.07) is 0.247. The molecular weight excluding hydrogens is 370 g/mol. The molecule has 29 heavy (non-hydrogen) atoms. The Morgan fingerprint density at radius 1 is 1.31 bits per heavy atom. The third-order valence-corrected chi connectivity index (χ3v) is 8.37. The first-order valence-electron chi connectivity index (χ1n) is 10.7. The minimum Gasteiger partial charge on any atom is -0.511 e. The van der Waals surface area contributed by atoms with Gasteiger partial charge in [0.05, 0.1) is 12.7 Å². The molecule has 2 N–H and O–H groups in total. The van der Waals surface area contributed by atoms with E-state index in [2.05, 4.69) is 18.7 Å². The molecule has 0 unspecified atom stereocenters. The van der Waals surface area contributed by atoms with Crippen LogP contribution in [0.2, 0.25) is 0 Å². The highest BCUT2D eigenvalue weighted by atomic mass is 16.5. The van der Waals surface area contributed by atoms with E-state index >= 15 is 0 Å². The average Bonchev–Trinajstić information content (AvgIpc) is 3.11. The van der Waals surface area contributed by atoms with Crippen molar-refractivity contribution in [3.63, 3.8) is 0 Å². The molecule has 0 aromatic carbocycles. The van der Waals surface area contributed by atoms with Crippen LogP contribution >= 0.6 is 0 Å². The number of Topliss-reactive ketones (excluding diaryl/α,β-unsaturated/α-hetero) is 1. The number of aliphatic hydroxyl groups is 2. The van der Waals surface area contributed by atoms with Gasteiger partial charge in [-0.3, -0.25) is 9.69 Å². The normalized spacial score (nSPS) is 38.6. The average molecular weight is 399 g/mol. The number of hydrogen-bond acceptors (Lipinski definition) is 6. The van der Waals surface area contributed by atoms with Crippen LogP contribution in [0.4, 0.5) is 0 Å². The molecule has 5 atom stereocenters. The van der Waals surface area contributed by atoms with Crippen molar-refractivity contribution in [2.45, 2.75) is 45.6 Å². The lowest BCUT2D eigenvalue weighted by molar-refractivity contribution is -0.135. The molecule has 6 heteroatoms. The molecule has 0 saturated carbocycles. The maximum Gasteiger partial charge on any atom is 0.338 e. The summed E-state index contributed by atoms with van der Waals surface area (Å²) in [4.78, 5) is 28.8. The van der Waals surface area contributed by atoms with Gasteiger partial charge in [-0.15, -0.1) is 0 Å². The number of methoxy groups -OCH3 is 1. The molecule has 2 saturated heterocycles. The molecule has 3 aliphatic carbocycles. The van der Waals surface area contributed by atoms with Crippen LogP contribution in [0.25, 0.3) is 0 Å². The molecule has 0 aromatic heterocycles. The van der Waals surface area contributed by atoms with Crippen molar-refractivity contribution in [3.05, 3.63) is 33.6 Å². The number of fused-ring (bicyclic) bond motifs is 1. The van der Waals surface area contributed by atoms with Gasteiger partial charge in [-0.05, 0) is 42.2 Å². The minimum atomic E-state index is -0.532. The Hall–Kier alpha value is -1.92. The van der Waals surface area contributed by atoms with Gasteiger partial charge in [0.1, 0.15) is 5.76 Å². The molecule has 156 valence electrons. The van der Waals surface area contributed by atoms with Crippen molar-refractivity contribution in [1.82, 2.24) is 4.90 Å². The van der Waals surface area contributed by atoms with Crippen LogP contribution in [0.15, 0.2) is 33.6 Å². The second-order valence-electron chi connectivity index (χ2n) is 9.56. The summed E-state index contributed by atoms with van der Waals surface area (Å²) in [7, 11) is 1.33. The second-order valence-corrected chi connectivity index (χ2v) is 9.56. The van der Waals surface area contributed by atoms with Gasteiger partial charge >= 0.3 is 5.97 Å². The number of hydrogen-bond donors (Lipinski definition) is 2. The van der Waals surface area contributed by atoms with Crippen LogP contribution in [-0.4, -0.2) is 59.7 Å². The zero-order valence-electron chi connectivity index (χ0n) is 17.3. The van der Waals surface area contributed by atoms with Crippen molar-refractivity contribution in [1.29, 1.82) is 0 Å². The summed E-state index contributed by atoms with van der Waals surface area (Å²) in [5.74, 6) is 0.270. The van der Waals surface area contributed by atoms with Crippen molar-refractivity contribution in [3.8, 4) is 0 Å². The van der Waals surface area contributed by atoms with E-state index in [9.17, 15) is 19.8 Å². The summed E-state index contributed by atoms with van der Waals surface area (Å²) in [5.41, 5.74) is 2.55. The summed E-state index contributed by atoms with van der Waals surface area (Å²) >= 11 is 0. The first kappa shape index (κ1) is 19.1. The van der Waals surface area contributed by atoms with Crippen molar-refractivity contribution < 1.29 is 24.5 Å². The number of ketones is 1. The first-order valence-corrected chi connectivity index (χ1v) is 10.7. The van der Waals surface area contributed by atoms with Crippen LogP contribution in [-0.2, 0) is 14.3 Å². The van der Waals surface area contributed by atoms with Gasteiger partial charge in [0, 0.05) is 54.6 Å². The number of carbonyl (C=O) groups excluding carboxylic acids is 2. The molecule has 2 aliphatic heterocycles. The Bertz CT molecular complexity index is 912. The molecule has 6 nitrogen and oxygen atoms in total. The highest BCUT2D eigenvalue weighted by Gasteiger charge is 2.62. The lowest BCUT2D eigenvalue weighted by atomic mass is 9.65. The molecule has 5 aliphatic rings. The Balaban J connectivity index is 1.88. The van der Waals surface area contributed by atoms with Crippen molar-refractivity contribution >= 4 is 11.8 Å². The smallest absolute Gasteiger partial charge is 0.338 e. The summed E-state index contributed by atoms with van der Waals surface area (Å²) in [6.45, 7) is 6.12. The lowest BCUT2D eigenvalue weighted by Crippen LogP contribution is -2.47. The Morgan fingerprint density at radius 2 is 2.07 bits per heavy atom. The van der Waals surface area contributed by atoms with Gasteiger partial charge in [0.25, 0.3) is 0 Å². The zero-order chi connectivity index (χ0) is 20.7. The van der Waals surface area contributed by atoms with E-state index < -0.39 is 5.97 Å². The number of esters is 1. The molecule has 2 fully saturated rings. The maximum absolute atomic E-state index is 13.3. The topological polar surface area (TPSA) is 87.1 Å². The third-order valence-electron chi connectivity index (χ3n) is 8.37. The fourth-order valence-corrected chi connectivity index (χ4v) is 7.04. The summed E-state index contributed by atoms with van der Waals surface area (Å²) < 4.78 is 5.10. The maximum atomic E-state index is 13.3. The van der Waals surface area contributed by atoms with Gasteiger partial charge in [-0.1, -0.05) is 13.8 Å².